The Balaban J connectivity index is 1.52. The zero-order chi connectivity index (χ0) is 16.5. The largest absolute Gasteiger partial charge is 0.476 e. The molecule has 0 unspecified atom stereocenters. The molecule has 1 saturated carbocycles. The monoisotopic (exact) mass is 327 g/mol. The van der Waals surface area contributed by atoms with Gasteiger partial charge in [0, 0.05) is 19.0 Å². The van der Waals surface area contributed by atoms with Crippen LogP contribution >= 0.6 is 0 Å². The Kier molecular flexibility index (Phi) is 3.92. The summed E-state index contributed by atoms with van der Waals surface area (Å²) in [7, 11) is 0. The quantitative estimate of drug-likeness (QED) is 0.932. The number of aromatic nitrogens is 4. The Labute approximate surface area is 140 Å². The molecule has 0 bridgehead atoms. The number of aromatic carboxylic acids is 1. The van der Waals surface area contributed by atoms with Crippen molar-refractivity contribution in [2.75, 3.05) is 11.4 Å². The molecule has 1 aliphatic heterocycles. The van der Waals surface area contributed by atoms with Gasteiger partial charge in [-0.1, -0.05) is 19.3 Å². The molecule has 0 spiro atoms. The lowest BCUT2D eigenvalue weighted by Gasteiger charge is -2.31. The third kappa shape index (κ3) is 2.74. The van der Waals surface area contributed by atoms with Gasteiger partial charge in [-0.3, -0.25) is 0 Å². The van der Waals surface area contributed by atoms with Crippen LogP contribution in [-0.4, -0.2) is 37.1 Å². The summed E-state index contributed by atoms with van der Waals surface area (Å²) in [5.74, 6) is 1.51. The first kappa shape index (κ1) is 15.1. The first-order valence-electron chi connectivity index (χ1n) is 8.57. The minimum atomic E-state index is -1.05. The molecule has 0 radical (unpaired) electrons. The van der Waals surface area contributed by atoms with Crippen LogP contribution in [0.3, 0.4) is 0 Å². The van der Waals surface area contributed by atoms with Crippen LogP contribution in [0.2, 0.25) is 0 Å². The van der Waals surface area contributed by atoms with Gasteiger partial charge in [-0.2, -0.15) is 0 Å². The molecule has 0 saturated heterocycles. The van der Waals surface area contributed by atoms with Gasteiger partial charge in [0.2, 0.25) is 0 Å². The molecule has 7 nitrogen and oxygen atoms in total. The van der Waals surface area contributed by atoms with Crippen LogP contribution in [0.25, 0.3) is 0 Å². The standard InChI is InChI=1S/C17H21N5O2/c23-17(24)14-9-19-15(10-18-14)21-6-7-22-13(11-21)8-20-16(22)12-4-2-1-3-5-12/h8-10,12H,1-7,11H2,(H,23,24). The number of rotatable bonds is 3. The molecule has 1 N–H and O–H groups in total. The second-order valence-electron chi connectivity index (χ2n) is 6.58. The van der Waals surface area contributed by atoms with Gasteiger partial charge in [0.15, 0.2) is 5.69 Å². The van der Waals surface area contributed by atoms with Crippen LogP contribution in [0.1, 0.15) is 60.0 Å². The van der Waals surface area contributed by atoms with Gasteiger partial charge in [-0.05, 0) is 12.8 Å². The molecule has 2 aromatic rings. The molecular formula is C17H21N5O2. The van der Waals surface area contributed by atoms with Gasteiger partial charge in [0.25, 0.3) is 0 Å². The highest BCUT2D eigenvalue weighted by Crippen LogP contribution is 2.33. The summed E-state index contributed by atoms with van der Waals surface area (Å²) in [4.78, 5) is 25.9. The highest BCUT2D eigenvalue weighted by atomic mass is 16.4. The van der Waals surface area contributed by atoms with E-state index in [9.17, 15) is 4.79 Å². The van der Waals surface area contributed by atoms with Gasteiger partial charge in [0.05, 0.1) is 30.8 Å². The predicted octanol–water partition coefficient (Wildman–Crippen LogP) is 2.44. The van der Waals surface area contributed by atoms with Crippen molar-refractivity contribution in [1.82, 2.24) is 19.5 Å². The molecule has 4 rings (SSSR count). The maximum Gasteiger partial charge on any atom is 0.356 e. The lowest BCUT2D eigenvalue weighted by Crippen LogP contribution is -2.35. The summed E-state index contributed by atoms with van der Waals surface area (Å²) >= 11 is 0. The highest BCUT2D eigenvalue weighted by Gasteiger charge is 2.26. The Morgan fingerprint density at radius 2 is 1.88 bits per heavy atom. The van der Waals surface area contributed by atoms with Gasteiger partial charge < -0.3 is 14.6 Å². The van der Waals surface area contributed by atoms with Crippen molar-refractivity contribution in [2.24, 2.45) is 0 Å². The van der Waals surface area contributed by atoms with Crippen LogP contribution in [0.15, 0.2) is 18.6 Å². The molecule has 2 aromatic heterocycles. The molecule has 126 valence electrons. The van der Waals surface area contributed by atoms with E-state index < -0.39 is 5.97 Å². The van der Waals surface area contributed by atoms with E-state index in [4.69, 9.17) is 10.1 Å². The van der Waals surface area contributed by atoms with Gasteiger partial charge in [-0.25, -0.2) is 19.7 Å². The zero-order valence-electron chi connectivity index (χ0n) is 13.6. The molecule has 24 heavy (non-hydrogen) atoms. The molecule has 7 heteroatoms. The molecule has 3 heterocycles. The molecule has 2 aliphatic rings. The molecule has 0 atom stereocenters. The summed E-state index contributed by atoms with van der Waals surface area (Å²) in [6.45, 7) is 2.47. The Hall–Kier alpha value is -2.44. The summed E-state index contributed by atoms with van der Waals surface area (Å²) in [6, 6.07) is 0. The summed E-state index contributed by atoms with van der Waals surface area (Å²) in [5.41, 5.74) is 1.17. The van der Waals surface area contributed by atoms with Gasteiger partial charge >= 0.3 is 5.97 Å². The normalized spacial score (nSPS) is 18.4. The summed E-state index contributed by atoms with van der Waals surface area (Å²) in [6.07, 6.45) is 11.3. The van der Waals surface area contributed by atoms with E-state index in [0.29, 0.717) is 11.7 Å². The second-order valence-corrected chi connectivity index (χ2v) is 6.58. The molecule has 1 fully saturated rings. The fourth-order valence-corrected chi connectivity index (χ4v) is 3.78. The van der Waals surface area contributed by atoms with E-state index in [0.717, 1.165) is 19.6 Å². The van der Waals surface area contributed by atoms with Crippen LogP contribution in [0.4, 0.5) is 5.82 Å². The van der Waals surface area contributed by atoms with Crippen molar-refractivity contribution in [3.05, 3.63) is 35.8 Å². The molecule has 0 amide bonds. The fourth-order valence-electron chi connectivity index (χ4n) is 3.78. The summed E-state index contributed by atoms with van der Waals surface area (Å²) < 4.78 is 2.37. The zero-order valence-corrected chi connectivity index (χ0v) is 13.6. The topological polar surface area (TPSA) is 84.1 Å². The first-order valence-corrected chi connectivity index (χ1v) is 8.57. The van der Waals surface area contributed by atoms with Crippen LogP contribution in [0, 0.1) is 0 Å². The highest BCUT2D eigenvalue weighted by molar-refractivity contribution is 5.84. The van der Waals surface area contributed by atoms with Crippen LogP contribution < -0.4 is 4.90 Å². The van der Waals surface area contributed by atoms with Crippen molar-refractivity contribution >= 4 is 11.8 Å². The number of hydrogen-bond donors (Lipinski definition) is 1. The second kappa shape index (κ2) is 6.22. The van der Waals surface area contributed by atoms with Crippen molar-refractivity contribution < 1.29 is 9.90 Å². The number of carboxylic acids is 1. The third-order valence-corrected chi connectivity index (χ3v) is 5.07. The van der Waals surface area contributed by atoms with Crippen LogP contribution in [-0.2, 0) is 13.1 Å². The molecule has 1 aliphatic carbocycles. The van der Waals surface area contributed by atoms with E-state index in [1.165, 1.54) is 56.0 Å². The minimum Gasteiger partial charge on any atom is -0.476 e. The van der Waals surface area contributed by atoms with Crippen molar-refractivity contribution in [2.45, 2.75) is 51.1 Å². The maximum atomic E-state index is 10.9. The maximum absolute atomic E-state index is 10.9. The molecular weight excluding hydrogens is 306 g/mol. The number of carbonyl (C=O) groups is 1. The van der Waals surface area contributed by atoms with E-state index in [1.807, 2.05) is 6.20 Å². The average Bonchev–Trinajstić information content (AvgIpc) is 3.05. The Morgan fingerprint density at radius 3 is 2.58 bits per heavy atom. The lowest BCUT2D eigenvalue weighted by atomic mass is 9.88. The summed E-state index contributed by atoms with van der Waals surface area (Å²) in [5, 5.41) is 8.92. The van der Waals surface area contributed by atoms with Crippen molar-refractivity contribution in [3.8, 4) is 0 Å². The SMILES string of the molecule is O=C(O)c1cnc(N2CCn3c(cnc3C3CCCCC3)C2)cn1. The number of fused-ring (bicyclic) bond motifs is 1. The predicted molar refractivity (Wildman–Crippen MR) is 88.1 cm³/mol. The minimum absolute atomic E-state index is 0.0274. The number of nitrogens with zero attached hydrogens (tertiary/aromatic N) is 5. The number of anilines is 1. The van der Waals surface area contributed by atoms with Crippen molar-refractivity contribution in [3.63, 3.8) is 0 Å². The van der Waals surface area contributed by atoms with Crippen molar-refractivity contribution in [1.29, 1.82) is 0 Å². The van der Waals surface area contributed by atoms with Gasteiger partial charge in [0.1, 0.15) is 11.6 Å². The first-order chi connectivity index (χ1) is 11.7. The number of imidazole rings is 1. The Morgan fingerprint density at radius 1 is 1.04 bits per heavy atom. The van der Waals surface area contributed by atoms with E-state index in [1.54, 1.807) is 0 Å². The van der Waals surface area contributed by atoms with Crippen LogP contribution in [0.5, 0.6) is 0 Å². The third-order valence-electron chi connectivity index (χ3n) is 5.07. The van der Waals surface area contributed by atoms with E-state index in [-0.39, 0.29) is 5.69 Å². The number of hydrogen-bond acceptors (Lipinski definition) is 5. The average molecular weight is 327 g/mol. The smallest absolute Gasteiger partial charge is 0.356 e. The fraction of sp³-hybridized carbons (Fsp3) is 0.529. The van der Waals surface area contributed by atoms with E-state index in [2.05, 4.69) is 19.4 Å². The number of carboxylic acid groups (broad SMARTS) is 1. The Bertz CT molecular complexity index is 734. The van der Waals surface area contributed by atoms with Gasteiger partial charge in [-0.15, -0.1) is 0 Å². The molecule has 0 aromatic carbocycles. The lowest BCUT2D eigenvalue weighted by molar-refractivity contribution is 0.0690. The van der Waals surface area contributed by atoms with E-state index >= 15 is 0 Å².